The number of benzene rings is 1. The summed E-state index contributed by atoms with van der Waals surface area (Å²) >= 11 is 0. The van der Waals surface area contributed by atoms with Crippen molar-refractivity contribution >= 4 is 17.3 Å². The summed E-state index contributed by atoms with van der Waals surface area (Å²) in [5.41, 5.74) is 12.6. The van der Waals surface area contributed by atoms with E-state index in [9.17, 15) is 4.79 Å². The molecule has 0 bridgehead atoms. The van der Waals surface area contributed by atoms with Crippen molar-refractivity contribution < 1.29 is 9.53 Å². The van der Waals surface area contributed by atoms with Crippen molar-refractivity contribution in [3.8, 4) is 11.3 Å². The topological polar surface area (TPSA) is 94.2 Å². The molecule has 1 saturated heterocycles. The minimum atomic E-state index is -0.157. The smallest absolute Gasteiger partial charge is 0.189 e. The number of aryl methyl sites for hydroxylation is 1. The number of aromatic nitrogens is 3. The minimum Gasteiger partial charge on any atom is -0.382 e. The zero-order valence-corrected chi connectivity index (χ0v) is 19.0. The number of nitrogen functional groups attached to an aromatic ring is 1. The fourth-order valence-electron chi connectivity index (χ4n) is 4.88. The fraction of sp³-hybridized carbons (Fsp3) is 0.385. The minimum absolute atomic E-state index is 0.157. The van der Waals surface area contributed by atoms with Gasteiger partial charge in [-0.1, -0.05) is 19.1 Å². The molecule has 1 aliphatic heterocycles. The van der Waals surface area contributed by atoms with Gasteiger partial charge in [-0.05, 0) is 48.4 Å². The van der Waals surface area contributed by atoms with Gasteiger partial charge in [0, 0.05) is 48.7 Å². The highest BCUT2D eigenvalue weighted by Gasteiger charge is 2.21. The molecule has 2 aromatic heterocycles. The first-order valence-electron chi connectivity index (χ1n) is 11.6. The van der Waals surface area contributed by atoms with E-state index in [1.54, 1.807) is 18.6 Å². The van der Waals surface area contributed by atoms with Gasteiger partial charge in [0.2, 0.25) is 0 Å². The summed E-state index contributed by atoms with van der Waals surface area (Å²) in [5.74, 6) is 0.584. The Morgan fingerprint density at radius 2 is 2.06 bits per heavy atom. The summed E-state index contributed by atoms with van der Waals surface area (Å²) < 4.78 is 5.46. The summed E-state index contributed by atoms with van der Waals surface area (Å²) in [6, 6.07) is 8.41. The van der Waals surface area contributed by atoms with E-state index in [0.717, 1.165) is 36.3 Å². The number of morpholine rings is 1. The van der Waals surface area contributed by atoms with Crippen LogP contribution >= 0.6 is 0 Å². The number of hydrogen-bond donors (Lipinski definition) is 1. The number of anilines is 2. The van der Waals surface area contributed by atoms with Crippen molar-refractivity contribution in [2.45, 2.75) is 38.5 Å². The van der Waals surface area contributed by atoms with E-state index < -0.39 is 0 Å². The van der Waals surface area contributed by atoms with Crippen LogP contribution in [0.5, 0.6) is 0 Å². The fourth-order valence-corrected chi connectivity index (χ4v) is 4.88. The van der Waals surface area contributed by atoms with Crippen molar-refractivity contribution in [3.63, 3.8) is 0 Å². The van der Waals surface area contributed by atoms with Crippen LogP contribution in [-0.2, 0) is 17.6 Å². The first-order chi connectivity index (χ1) is 16.1. The monoisotopic (exact) mass is 443 g/mol. The standard InChI is InChI=1S/C26H29N5O2/c1-17-3-2-4-18-13-19(5-6-21(17)18)22-16-29-26(27)25(30-22)24(32)14-20-15-28-8-7-23(20)31-9-11-33-12-10-31/h5-8,13,15-17H,2-4,9-12,14H2,1H3,(H2,27,29). The highest BCUT2D eigenvalue weighted by molar-refractivity contribution is 6.00. The molecule has 1 unspecified atom stereocenters. The second-order valence-electron chi connectivity index (χ2n) is 8.90. The van der Waals surface area contributed by atoms with E-state index in [1.807, 2.05) is 6.07 Å². The highest BCUT2D eigenvalue weighted by Crippen LogP contribution is 2.33. The van der Waals surface area contributed by atoms with Gasteiger partial charge in [0.1, 0.15) is 5.69 Å². The third-order valence-corrected chi connectivity index (χ3v) is 6.70. The Hall–Kier alpha value is -3.32. The van der Waals surface area contributed by atoms with Crippen LogP contribution in [0.15, 0.2) is 42.9 Å². The molecule has 3 heterocycles. The van der Waals surface area contributed by atoms with Crippen LogP contribution in [-0.4, -0.2) is 47.0 Å². The SMILES string of the molecule is CC1CCCc2cc(-c3cnc(N)c(C(=O)Cc4cnccc4N4CCOCC4)n3)ccc21. The number of Topliss-reactive ketones (excluding diaryl/α,β-unsaturated/α-hetero) is 1. The molecule has 1 fully saturated rings. The molecule has 7 heteroatoms. The number of nitrogens with zero attached hydrogens (tertiary/aromatic N) is 4. The molecule has 7 nitrogen and oxygen atoms in total. The van der Waals surface area contributed by atoms with Gasteiger partial charge in [-0.25, -0.2) is 9.97 Å². The number of ether oxygens (including phenoxy) is 1. The van der Waals surface area contributed by atoms with Crippen LogP contribution in [0.3, 0.4) is 0 Å². The van der Waals surface area contributed by atoms with Gasteiger partial charge >= 0.3 is 0 Å². The van der Waals surface area contributed by atoms with Gasteiger partial charge in [-0.3, -0.25) is 9.78 Å². The number of hydrogen-bond acceptors (Lipinski definition) is 7. The molecule has 3 aromatic rings. The Balaban J connectivity index is 1.42. The summed E-state index contributed by atoms with van der Waals surface area (Å²) in [5, 5.41) is 0. The van der Waals surface area contributed by atoms with Crippen molar-refractivity contribution in [2.24, 2.45) is 0 Å². The van der Waals surface area contributed by atoms with E-state index in [2.05, 4.69) is 45.0 Å². The van der Waals surface area contributed by atoms with Crippen molar-refractivity contribution in [3.05, 3.63) is 65.2 Å². The molecular formula is C26H29N5O2. The summed E-state index contributed by atoms with van der Waals surface area (Å²) in [4.78, 5) is 28.7. The van der Waals surface area contributed by atoms with Crippen LogP contribution in [0.1, 0.15) is 52.9 Å². The zero-order chi connectivity index (χ0) is 22.8. The molecule has 2 N–H and O–H groups in total. The molecule has 0 amide bonds. The van der Waals surface area contributed by atoms with Crippen molar-refractivity contribution in [1.82, 2.24) is 15.0 Å². The van der Waals surface area contributed by atoms with Gasteiger partial charge in [0.05, 0.1) is 25.1 Å². The number of pyridine rings is 1. The maximum absolute atomic E-state index is 13.3. The van der Waals surface area contributed by atoms with Gasteiger partial charge in [0.25, 0.3) is 0 Å². The van der Waals surface area contributed by atoms with Gasteiger partial charge in [-0.2, -0.15) is 0 Å². The molecule has 1 aromatic carbocycles. The average Bonchev–Trinajstić information content (AvgIpc) is 2.85. The number of carbonyl (C=O) groups excluding carboxylic acids is 1. The van der Waals surface area contributed by atoms with Crippen LogP contribution in [0, 0.1) is 0 Å². The lowest BCUT2D eigenvalue weighted by molar-refractivity contribution is 0.0988. The van der Waals surface area contributed by atoms with E-state index in [-0.39, 0.29) is 23.7 Å². The first kappa shape index (κ1) is 21.5. The zero-order valence-electron chi connectivity index (χ0n) is 19.0. The predicted octanol–water partition coefficient (Wildman–Crippen LogP) is 3.82. The molecule has 5 rings (SSSR count). The number of carbonyl (C=O) groups is 1. The van der Waals surface area contributed by atoms with E-state index in [4.69, 9.17) is 10.5 Å². The maximum atomic E-state index is 13.3. The summed E-state index contributed by atoms with van der Waals surface area (Å²) in [6.07, 6.45) is 8.84. The molecule has 0 spiro atoms. The molecule has 170 valence electrons. The Morgan fingerprint density at radius 1 is 1.21 bits per heavy atom. The quantitative estimate of drug-likeness (QED) is 0.599. The van der Waals surface area contributed by atoms with Gasteiger partial charge in [0.15, 0.2) is 11.6 Å². The van der Waals surface area contributed by atoms with Crippen LogP contribution in [0.2, 0.25) is 0 Å². The van der Waals surface area contributed by atoms with E-state index in [0.29, 0.717) is 24.8 Å². The lowest BCUT2D eigenvalue weighted by Gasteiger charge is -2.30. The van der Waals surface area contributed by atoms with Crippen LogP contribution in [0.25, 0.3) is 11.3 Å². The Bertz CT molecular complexity index is 1170. The molecule has 2 aliphatic rings. The number of ketones is 1. The van der Waals surface area contributed by atoms with Crippen LogP contribution < -0.4 is 10.6 Å². The molecule has 1 atom stereocenters. The normalized spacial score (nSPS) is 18.1. The second-order valence-corrected chi connectivity index (χ2v) is 8.90. The van der Waals surface area contributed by atoms with Crippen LogP contribution in [0.4, 0.5) is 11.5 Å². The average molecular weight is 444 g/mol. The number of nitrogens with two attached hydrogens (primary N) is 1. The Kier molecular flexibility index (Phi) is 6.05. The second kappa shape index (κ2) is 9.27. The largest absolute Gasteiger partial charge is 0.382 e. The number of fused-ring (bicyclic) bond motifs is 1. The van der Waals surface area contributed by atoms with Gasteiger partial charge < -0.3 is 15.4 Å². The molecule has 0 radical (unpaired) electrons. The van der Waals surface area contributed by atoms with E-state index >= 15 is 0 Å². The third-order valence-electron chi connectivity index (χ3n) is 6.70. The van der Waals surface area contributed by atoms with Gasteiger partial charge in [-0.15, -0.1) is 0 Å². The predicted molar refractivity (Wildman–Crippen MR) is 129 cm³/mol. The Labute approximate surface area is 194 Å². The maximum Gasteiger partial charge on any atom is 0.189 e. The lowest BCUT2D eigenvalue weighted by Crippen LogP contribution is -2.37. The van der Waals surface area contributed by atoms with E-state index in [1.165, 1.54) is 24.0 Å². The molecular weight excluding hydrogens is 414 g/mol. The highest BCUT2D eigenvalue weighted by atomic mass is 16.5. The summed E-state index contributed by atoms with van der Waals surface area (Å²) in [7, 11) is 0. The lowest BCUT2D eigenvalue weighted by atomic mass is 9.83. The third kappa shape index (κ3) is 4.46. The first-order valence-corrected chi connectivity index (χ1v) is 11.6. The summed E-state index contributed by atoms with van der Waals surface area (Å²) in [6.45, 7) is 5.21. The molecule has 33 heavy (non-hydrogen) atoms. The Morgan fingerprint density at radius 3 is 2.91 bits per heavy atom. The van der Waals surface area contributed by atoms with Crippen molar-refractivity contribution in [1.29, 1.82) is 0 Å². The van der Waals surface area contributed by atoms with Crippen molar-refractivity contribution in [2.75, 3.05) is 36.9 Å². The molecule has 0 saturated carbocycles. The number of rotatable bonds is 5. The molecule has 1 aliphatic carbocycles.